The van der Waals surface area contributed by atoms with Crippen molar-refractivity contribution in [2.24, 2.45) is 28.8 Å². The number of aliphatic hydroxyl groups excluding tert-OH is 3. The molecule has 0 aromatic rings. The van der Waals surface area contributed by atoms with E-state index in [0.29, 0.717) is 0 Å². The van der Waals surface area contributed by atoms with Crippen LogP contribution >= 0.6 is 0 Å². The summed E-state index contributed by atoms with van der Waals surface area (Å²) in [5.74, 6) is -4.14. The zero-order chi connectivity index (χ0) is 23.6. The molecular formula is C21H39NO8. The lowest BCUT2D eigenvalue weighted by Crippen LogP contribution is -2.57. The van der Waals surface area contributed by atoms with Crippen LogP contribution in [-0.2, 0) is 9.53 Å². The summed E-state index contributed by atoms with van der Waals surface area (Å²) in [5, 5.41) is 67.0. The van der Waals surface area contributed by atoms with Gasteiger partial charge in [0.2, 0.25) is 0 Å². The molecule has 0 amide bonds. The maximum Gasteiger partial charge on any atom is 0.311 e. The number of oxime groups is 1. The fourth-order valence-corrected chi connectivity index (χ4v) is 4.55. The minimum absolute atomic E-state index is 0.0418. The quantitative estimate of drug-likeness (QED) is 0.200. The highest BCUT2D eigenvalue weighted by Crippen LogP contribution is 2.34. The SMILES string of the molecule is CC[C@@H]1OC(=O)[C@H](C)[C@H](O)[C@H](C)[C@H](O)[C@](C)(O)C[C@H](C)/C(=N/O)[C@H](C)[C@@H](O)[C@@]1(C)O. The molecule has 176 valence electrons. The summed E-state index contributed by atoms with van der Waals surface area (Å²) in [6, 6.07) is 0. The molecule has 0 aliphatic carbocycles. The first-order valence-corrected chi connectivity index (χ1v) is 10.5. The molecule has 9 heteroatoms. The Kier molecular flexibility index (Phi) is 8.84. The summed E-state index contributed by atoms with van der Waals surface area (Å²) >= 11 is 0. The first-order valence-electron chi connectivity index (χ1n) is 10.5. The standard InChI is InChI=1S/C21H39NO8/c1-8-14-21(7,28)18(25)11(3)15(22-29)10(2)9-20(6,27)17(24)12(4)16(23)13(5)19(26)30-14/h10-14,16-18,23-25,27-29H,8-9H2,1-7H3/b22-15-/t10-,11-,12-,13+,14-,16+,17-,18+,20+,21-/m0/s1. The number of aliphatic hydroxyl groups is 5. The number of esters is 1. The number of hydrogen-bond donors (Lipinski definition) is 6. The highest BCUT2D eigenvalue weighted by atomic mass is 16.6. The van der Waals surface area contributed by atoms with Crippen LogP contribution in [-0.4, -0.2) is 78.0 Å². The third-order valence-electron chi connectivity index (χ3n) is 6.72. The second-order valence-corrected chi connectivity index (χ2v) is 9.36. The lowest BCUT2D eigenvalue weighted by molar-refractivity contribution is -0.191. The van der Waals surface area contributed by atoms with Crippen molar-refractivity contribution in [3.05, 3.63) is 0 Å². The summed E-state index contributed by atoms with van der Waals surface area (Å²) < 4.78 is 5.44. The first kappa shape index (κ1) is 26.8. The van der Waals surface area contributed by atoms with Crippen LogP contribution in [0.5, 0.6) is 0 Å². The molecule has 0 saturated carbocycles. The first-order chi connectivity index (χ1) is 13.6. The van der Waals surface area contributed by atoms with E-state index in [1.165, 1.54) is 27.7 Å². The number of carbonyl (C=O) groups is 1. The lowest BCUT2D eigenvalue weighted by Gasteiger charge is -2.42. The van der Waals surface area contributed by atoms with Gasteiger partial charge >= 0.3 is 5.97 Å². The van der Waals surface area contributed by atoms with Crippen molar-refractivity contribution < 1.29 is 40.3 Å². The molecule has 0 bridgehead atoms. The number of hydrogen-bond acceptors (Lipinski definition) is 9. The molecule has 1 aliphatic heterocycles. The number of nitrogens with zero attached hydrogens (tertiary/aromatic N) is 1. The van der Waals surface area contributed by atoms with Crippen LogP contribution in [0.1, 0.15) is 61.3 Å². The Bertz CT molecular complexity index is 620. The largest absolute Gasteiger partial charge is 0.459 e. The van der Waals surface area contributed by atoms with Crippen molar-refractivity contribution in [3.63, 3.8) is 0 Å². The average Bonchev–Trinajstić information content (AvgIpc) is 2.67. The smallest absolute Gasteiger partial charge is 0.311 e. The molecule has 10 atom stereocenters. The Morgan fingerprint density at radius 2 is 1.57 bits per heavy atom. The molecule has 1 heterocycles. The van der Waals surface area contributed by atoms with Gasteiger partial charge in [-0.3, -0.25) is 4.79 Å². The maximum atomic E-state index is 12.6. The monoisotopic (exact) mass is 433 g/mol. The molecule has 1 rings (SSSR count). The van der Waals surface area contributed by atoms with Crippen LogP contribution in [0.3, 0.4) is 0 Å². The molecule has 0 aromatic heterocycles. The number of cyclic esters (lactones) is 1. The average molecular weight is 434 g/mol. The van der Waals surface area contributed by atoms with Crippen LogP contribution in [0.4, 0.5) is 0 Å². The summed E-state index contributed by atoms with van der Waals surface area (Å²) in [6.07, 6.45) is -5.11. The van der Waals surface area contributed by atoms with E-state index in [1.807, 2.05) is 0 Å². The Labute approximate surface area is 178 Å². The molecule has 6 N–H and O–H groups in total. The van der Waals surface area contributed by atoms with E-state index in [0.717, 1.165) is 0 Å². The minimum Gasteiger partial charge on any atom is -0.459 e. The number of ether oxygens (including phenoxy) is 1. The Morgan fingerprint density at radius 3 is 2.03 bits per heavy atom. The minimum atomic E-state index is -1.87. The van der Waals surface area contributed by atoms with Crippen molar-refractivity contribution >= 4 is 11.7 Å². The van der Waals surface area contributed by atoms with E-state index in [2.05, 4.69) is 5.16 Å². The van der Waals surface area contributed by atoms with Gasteiger partial charge in [0.15, 0.2) is 0 Å². The summed E-state index contributed by atoms with van der Waals surface area (Å²) in [7, 11) is 0. The zero-order valence-corrected chi connectivity index (χ0v) is 19.0. The van der Waals surface area contributed by atoms with Crippen molar-refractivity contribution in [3.8, 4) is 0 Å². The Balaban J connectivity index is 3.50. The summed E-state index contributed by atoms with van der Waals surface area (Å²) in [6.45, 7) is 10.6. The molecule has 0 aromatic carbocycles. The van der Waals surface area contributed by atoms with Crippen molar-refractivity contribution in [2.75, 3.05) is 0 Å². The topological polar surface area (TPSA) is 160 Å². The van der Waals surface area contributed by atoms with E-state index in [-0.39, 0.29) is 18.6 Å². The van der Waals surface area contributed by atoms with Gasteiger partial charge in [0, 0.05) is 17.8 Å². The van der Waals surface area contributed by atoms with Crippen molar-refractivity contribution in [1.29, 1.82) is 0 Å². The predicted octanol–water partition coefficient (Wildman–Crippen LogP) is 0.671. The second kappa shape index (κ2) is 9.91. The van der Waals surface area contributed by atoms with Crippen LogP contribution in [0.2, 0.25) is 0 Å². The number of rotatable bonds is 1. The molecule has 0 spiro atoms. The van der Waals surface area contributed by atoms with Crippen LogP contribution in [0, 0.1) is 23.7 Å². The highest BCUT2D eigenvalue weighted by Gasteiger charge is 2.48. The van der Waals surface area contributed by atoms with Crippen molar-refractivity contribution in [1.82, 2.24) is 0 Å². The van der Waals surface area contributed by atoms with Crippen LogP contribution in [0.25, 0.3) is 0 Å². The van der Waals surface area contributed by atoms with Gasteiger partial charge in [-0.25, -0.2) is 0 Å². The molecule has 0 radical (unpaired) electrons. The fraction of sp³-hybridized carbons (Fsp3) is 0.905. The van der Waals surface area contributed by atoms with Gasteiger partial charge < -0.3 is 35.5 Å². The number of carbonyl (C=O) groups excluding carboxylic acids is 1. The predicted molar refractivity (Wildman–Crippen MR) is 110 cm³/mol. The molecule has 1 aliphatic rings. The van der Waals surface area contributed by atoms with Crippen LogP contribution < -0.4 is 0 Å². The van der Waals surface area contributed by atoms with Gasteiger partial charge in [0.1, 0.15) is 11.7 Å². The normalized spacial score (nSPS) is 48.8. The third kappa shape index (κ3) is 5.31. The van der Waals surface area contributed by atoms with E-state index in [9.17, 15) is 35.5 Å². The fourth-order valence-electron chi connectivity index (χ4n) is 4.55. The second-order valence-electron chi connectivity index (χ2n) is 9.36. The van der Waals surface area contributed by atoms with E-state index < -0.39 is 65.3 Å². The van der Waals surface area contributed by atoms with Gasteiger partial charge in [-0.15, -0.1) is 0 Å². The van der Waals surface area contributed by atoms with E-state index in [1.54, 1.807) is 20.8 Å². The van der Waals surface area contributed by atoms with Crippen LogP contribution in [0.15, 0.2) is 5.16 Å². The maximum absolute atomic E-state index is 12.6. The summed E-state index contributed by atoms with van der Waals surface area (Å²) in [4.78, 5) is 12.6. The van der Waals surface area contributed by atoms with Crippen molar-refractivity contribution in [2.45, 2.75) is 96.9 Å². The Hall–Kier alpha value is -1.26. The van der Waals surface area contributed by atoms with Gasteiger partial charge in [-0.05, 0) is 33.6 Å². The highest BCUT2D eigenvalue weighted by molar-refractivity contribution is 5.88. The Morgan fingerprint density at radius 1 is 1.03 bits per heavy atom. The van der Waals surface area contributed by atoms with Gasteiger partial charge in [0.05, 0.1) is 35.5 Å². The zero-order valence-electron chi connectivity index (χ0n) is 19.0. The molecule has 30 heavy (non-hydrogen) atoms. The van der Waals surface area contributed by atoms with E-state index >= 15 is 0 Å². The molecule has 9 nitrogen and oxygen atoms in total. The molecule has 1 fully saturated rings. The van der Waals surface area contributed by atoms with E-state index in [4.69, 9.17) is 4.74 Å². The van der Waals surface area contributed by atoms with Gasteiger partial charge in [0.25, 0.3) is 0 Å². The lowest BCUT2D eigenvalue weighted by atomic mass is 9.74. The van der Waals surface area contributed by atoms with Gasteiger partial charge in [-0.1, -0.05) is 32.9 Å². The summed E-state index contributed by atoms with van der Waals surface area (Å²) in [5.41, 5.74) is -3.44. The third-order valence-corrected chi connectivity index (χ3v) is 6.72. The molecular weight excluding hydrogens is 394 g/mol. The molecule has 1 saturated heterocycles. The molecule has 0 unspecified atom stereocenters. The van der Waals surface area contributed by atoms with Gasteiger partial charge in [-0.2, -0.15) is 0 Å².